The maximum absolute atomic E-state index is 11.7. The van der Waals surface area contributed by atoms with Crippen molar-refractivity contribution in [3.63, 3.8) is 0 Å². The lowest BCUT2D eigenvalue weighted by atomic mass is 10.1. The smallest absolute Gasteiger partial charge is 0.407 e. The van der Waals surface area contributed by atoms with E-state index in [-0.39, 0.29) is 5.91 Å². The second kappa shape index (κ2) is 6.58. The van der Waals surface area contributed by atoms with Crippen molar-refractivity contribution in [2.75, 3.05) is 7.11 Å². The summed E-state index contributed by atoms with van der Waals surface area (Å²) in [5, 5.41) is 5.13. The van der Waals surface area contributed by atoms with E-state index in [2.05, 4.69) is 20.4 Å². The molecule has 0 unspecified atom stereocenters. The number of rotatable bonds is 4. The van der Waals surface area contributed by atoms with E-state index in [0.717, 1.165) is 11.1 Å². The molecule has 1 rings (SSSR count). The van der Waals surface area contributed by atoms with Crippen molar-refractivity contribution in [2.24, 2.45) is 0 Å². The van der Waals surface area contributed by atoms with E-state index in [4.69, 9.17) is 0 Å². The summed E-state index contributed by atoms with van der Waals surface area (Å²) in [7, 11) is 1.25. The molecule has 0 radical (unpaired) electrons. The maximum Gasteiger partial charge on any atom is 0.407 e. The Kier molecular flexibility index (Phi) is 5.10. The molecule has 1 aromatic heterocycles. The number of aromatic nitrogens is 1. The Balaban J connectivity index is 2.46. The van der Waals surface area contributed by atoms with Crippen molar-refractivity contribution in [3.05, 3.63) is 29.6 Å². The van der Waals surface area contributed by atoms with Crippen molar-refractivity contribution in [1.29, 1.82) is 0 Å². The SMILES string of the molecule is COC(=O)N[C@@H](C)C(=O)NCc1ccncc1C. The van der Waals surface area contributed by atoms with Crippen LogP contribution in [0.25, 0.3) is 0 Å². The summed E-state index contributed by atoms with van der Waals surface area (Å²) >= 11 is 0. The Morgan fingerprint density at radius 2 is 2.22 bits per heavy atom. The van der Waals surface area contributed by atoms with Gasteiger partial charge in [0.05, 0.1) is 7.11 Å². The van der Waals surface area contributed by atoms with Crippen LogP contribution in [0.2, 0.25) is 0 Å². The third-order valence-corrected chi connectivity index (χ3v) is 2.50. The molecular weight excluding hydrogens is 234 g/mol. The summed E-state index contributed by atoms with van der Waals surface area (Å²) in [5.41, 5.74) is 2.00. The lowest BCUT2D eigenvalue weighted by Gasteiger charge is -2.13. The predicted molar refractivity (Wildman–Crippen MR) is 65.8 cm³/mol. The Labute approximate surface area is 106 Å². The molecular formula is C12H17N3O3. The molecule has 6 nitrogen and oxygen atoms in total. The van der Waals surface area contributed by atoms with Crippen LogP contribution in [0.15, 0.2) is 18.5 Å². The van der Waals surface area contributed by atoms with Gasteiger partial charge in [-0.2, -0.15) is 0 Å². The Hall–Kier alpha value is -2.11. The van der Waals surface area contributed by atoms with Gasteiger partial charge in [-0.25, -0.2) is 4.79 Å². The molecule has 0 fully saturated rings. The van der Waals surface area contributed by atoms with E-state index in [1.807, 2.05) is 13.0 Å². The molecule has 1 aromatic rings. The van der Waals surface area contributed by atoms with Crippen LogP contribution in [0.5, 0.6) is 0 Å². The zero-order valence-electron chi connectivity index (χ0n) is 10.7. The first-order chi connectivity index (χ1) is 8.54. The van der Waals surface area contributed by atoms with E-state index < -0.39 is 12.1 Å². The highest BCUT2D eigenvalue weighted by Crippen LogP contribution is 2.04. The maximum atomic E-state index is 11.7. The largest absolute Gasteiger partial charge is 0.453 e. The van der Waals surface area contributed by atoms with Gasteiger partial charge in [-0.15, -0.1) is 0 Å². The lowest BCUT2D eigenvalue weighted by Crippen LogP contribution is -2.44. The van der Waals surface area contributed by atoms with Crippen molar-refractivity contribution >= 4 is 12.0 Å². The average molecular weight is 251 g/mol. The first-order valence-corrected chi connectivity index (χ1v) is 5.56. The quantitative estimate of drug-likeness (QED) is 0.827. The van der Waals surface area contributed by atoms with E-state index in [1.165, 1.54) is 7.11 Å². The average Bonchev–Trinajstić information content (AvgIpc) is 2.37. The van der Waals surface area contributed by atoms with Gasteiger partial charge in [0, 0.05) is 18.9 Å². The zero-order chi connectivity index (χ0) is 13.5. The summed E-state index contributed by atoms with van der Waals surface area (Å²) in [6.45, 7) is 3.91. The number of carbonyl (C=O) groups excluding carboxylic acids is 2. The number of pyridine rings is 1. The van der Waals surface area contributed by atoms with Crippen molar-refractivity contribution < 1.29 is 14.3 Å². The third-order valence-electron chi connectivity index (χ3n) is 2.50. The number of nitrogens with zero attached hydrogens (tertiary/aromatic N) is 1. The van der Waals surface area contributed by atoms with Gasteiger partial charge in [0.25, 0.3) is 0 Å². The van der Waals surface area contributed by atoms with Gasteiger partial charge in [0.1, 0.15) is 6.04 Å². The number of amides is 2. The van der Waals surface area contributed by atoms with Gasteiger partial charge in [-0.3, -0.25) is 9.78 Å². The number of carbonyl (C=O) groups is 2. The molecule has 0 saturated carbocycles. The summed E-state index contributed by atoms with van der Waals surface area (Å²) in [5.74, 6) is -0.267. The number of hydrogen-bond donors (Lipinski definition) is 2. The standard InChI is InChI=1S/C12H17N3O3/c1-8-6-13-5-4-10(8)7-14-11(16)9(2)15-12(17)18-3/h4-6,9H,7H2,1-3H3,(H,14,16)(H,15,17)/t9-/m0/s1. The van der Waals surface area contributed by atoms with Crippen LogP contribution in [0.4, 0.5) is 4.79 Å². The Morgan fingerprint density at radius 3 is 2.83 bits per heavy atom. The van der Waals surface area contributed by atoms with E-state index >= 15 is 0 Å². The molecule has 98 valence electrons. The number of ether oxygens (including phenoxy) is 1. The molecule has 0 aliphatic carbocycles. The Bertz CT molecular complexity index is 434. The number of nitrogens with one attached hydrogen (secondary N) is 2. The summed E-state index contributed by atoms with van der Waals surface area (Å²) in [6.07, 6.45) is 2.78. The minimum atomic E-state index is -0.639. The normalized spacial score (nSPS) is 11.5. The molecule has 0 aromatic carbocycles. The molecule has 1 heterocycles. The van der Waals surface area contributed by atoms with Gasteiger partial charge in [0.15, 0.2) is 0 Å². The molecule has 2 N–H and O–H groups in total. The van der Waals surface area contributed by atoms with Gasteiger partial charge in [-0.05, 0) is 31.0 Å². The van der Waals surface area contributed by atoms with Gasteiger partial charge < -0.3 is 15.4 Å². The van der Waals surface area contributed by atoms with Gasteiger partial charge in [-0.1, -0.05) is 0 Å². The molecule has 0 aliphatic rings. The molecule has 1 atom stereocenters. The van der Waals surface area contributed by atoms with Crippen LogP contribution >= 0.6 is 0 Å². The first kappa shape index (κ1) is 14.0. The van der Waals surface area contributed by atoms with Crippen molar-refractivity contribution in [1.82, 2.24) is 15.6 Å². The van der Waals surface area contributed by atoms with Crippen LogP contribution in [0.3, 0.4) is 0 Å². The number of aryl methyl sites for hydroxylation is 1. The van der Waals surface area contributed by atoms with E-state index in [1.54, 1.807) is 19.3 Å². The van der Waals surface area contributed by atoms with Crippen LogP contribution < -0.4 is 10.6 Å². The molecule has 0 aliphatic heterocycles. The fourth-order valence-electron chi connectivity index (χ4n) is 1.34. The van der Waals surface area contributed by atoms with Crippen LogP contribution in [0, 0.1) is 6.92 Å². The molecule has 2 amide bonds. The van der Waals surface area contributed by atoms with Gasteiger partial charge >= 0.3 is 6.09 Å². The van der Waals surface area contributed by atoms with Crippen molar-refractivity contribution in [3.8, 4) is 0 Å². The second-order valence-electron chi connectivity index (χ2n) is 3.88. The van der Waals surface area contributed by atoms with E-state index in [9.17, 15) is 9.59 Å². The monoisotopic (exact) mass is 251 g/mol. The zero-order valence-corrected chi connectivity index (χ0v) is 10.7. The molecule has 0 spiro atoms. The summed E-state index contributed by atoms with van der Waals surface area (Å²) in [4.78, 5) is 26.6. The first-order valence-electron chi connectivity index (χ1n) is 5.56. The summed E-state index contributed by atoms with van der Waals surface area (Å²) in [6, 6.07) is 1.20. The summed E-state index contributed by atoms with van der Waals surface area (Å²) < 4.78 is 4.41. The number of methoxy groups -OCH3 is 1. The van der Waals surface area contributed by atoms with Crippen molar-refractivity contribution in [2.45, 2.75) is 26.4 Å². The van der Waals surface area contributed by atoms with E-state index in [0.29, 0.717) is 6.54 Å². The highest BCUT2D eigenvalue weighted by atomic mass is 16.5. The fraction of sp³-hybridized carbons (Fsp3) is 0.417. The number of hydrogen-bond acceptors (Lipinski definition) is 4. The Morgan fingerprint density at radius 1 is 1.50 bits per heavy atom. The van der Waals surface area contributed by atoms with Gasteiger partial charge in [0.2, 0.25) is 5.91 Å². The molecule has 0 saturated heterocycles. The molecule has 18 heavy (non-hydrogen) atoms. The van der Waals surface area contributed by atoms with Crippen LogP contribution in [-0.2, 0) is 16.1 Å². The van der Waals surface area contributed by atoms with Crippen LogP contribution in [0.1, 0.15) is 18.1 Å². The third kappa shape index (κ3) is 4.04. The molecule has 6 heteroatoms. The minimum Gasteiger partial charge on any atom is -0.453 e. The predicted octanol–water partition coefficient (Wildman–Crippen LogP) is 0.751. The number of alkyl carbamates (subject to hydrolysis) is 1. The second-order valence-corrected chi connectivity index (χ2v) is 3.88. The lowest BCUT2D eigenvalue weighted by molar-refractivity contribution is -0.122. The molecule has 0 bridgehead atoms. The highest BCUT2D eigenvalue weighted by Gasteiger charge is 2.15. The topological polar surface area (TPSA) is 80.3 Å². The van der Waals surface area contributed by atoms with Crippen LogP contribution in [-0.4, -0.2) is 30.1 Å². The fourth-order valence-corrected chi connectivity index (χ4v) is 1.34. The minimum absolute atomic E-state index is 0.267. The highest BCUT2D eigenvalue weighted by molar-refractivity contribution is 5.85.